The highest BCUT2D eigenvalue weighted by molar-refractivity contribution is 7.89. The summed E-state index contributed by atoms with van der Waals surface area (Å²) >= 11 is 0. The monoisotopic (exact) mass is 432 g/mol. The van der Waals surface area contributed by atoms with Gasteiger partial charge in [0.25, 0.3) is 5.91 Å². The second kappa shape index (κ2) is 10.1. The molecule has 0 radical (unpaired) electrons. The first kappa shape index (κ1) is 22.3. The fourth-order valence-electron chi connectivity index (χ4n) is 3.29. The average molecular weight is 433 g/mol. The number of nitrogens with zero attached hydrogens (tertiary/aromatic N) is 1. The van der Waals surface area contributed by atoms with Crippen LogP contribution in [-0.4, -0.2) is 58.1 Å². The minimum atomic E-state index is -3.68. The lowest BCUT2D eigenvalue weighted by Gasteiger charge is -2.27. The van der Waals surface area contributed by atoms with Crippen LogP contribution in [0.2, 0.25) is 0 Å². The van der Waals surface area contributed by atoms with Gasteiger partial charge < -0.3 is 14.8 Å². The molecular formula is C22H28N2O5S. The third-order valence-electron chi connectivity index (χ3n) is 4.94. The van der Waals surface area contributed by atoms with E-state index in [1.807, 2.05) is 38.1 Å². The SMILES string of the molecule is CCc1ccc(C(=O)NCCOc2cccc(C)c2)cc1S(=O)(=O)N1CCOCC1. The zero-order valence-corrected chi connectivity index (χ0v) is 18.2. The molecule has 3 rings (SSSR count). The lowest BCUT2D eigenvalue weighted by molar-refractivity contribution is 0.0730. The third-order valence-corrected chi connectivity index (χ3v) is 6.92. The van der Waals surface area contributed by atoms with Crippen molar-refractivity contribution in [3.63, 3.8) is 0 Å². The standard InChI is InChI=1S/C22H28N2O5S/c1-3-18-7-8-19(16-21(18)30(26,27)24-10-13-28-14-11-24)22(25)23-9-12-29-20-6-4-5-17(2)15-20/h4-8,15-16H,3,9-14H2,1-2H3,(H,23,25). The fraction of sp³-hybridized carbons (Fsp3) is 0.409. The van der Waals surface area contributed by atoms with Gasteiger partial charge in [-0.25, -0.2) is 8.42 Å². The number of benzene rings is 2. The van der Waals surface area contributed by atoms with Crippen molar-refractivity contribution in [3.8, 4) is 5.75 Å². The third kappa shape index (κ3) is 5.38. The first-order valence-corrected chi connectivity index (χ1v) is 11.5. The molecule has 8 heteroatoms. The first-order chi connectivity index (χ1) is 14.4. The van der Waals surface area contributed by atoms with Crippen LogP contribution in [0.1, 0.15) is 28.4 Å². The zero-order valence-electron chi connectivity index (χ0n) is 17.4. The lowest BCUT2D eigenvalue weighted by atomic mass is 10.1. The fourth-order valence-corrected chi connectivity index (χ4v) is 5.02. The highest BCUT2D eigenvalue weighted by Crippen LogP contribution is 2.23. The molecule has 1 heterocycles. The maximum absolute atomic E-state index is 13.1. The van der Waals surface area contributed by atoms with Crippen LogP contribution in [0.4, 0.5) is 0 Å². The Balaban J connectivity index is 1.66. The van der Waals surface area contributed by atoms with E-state index in [1.165, 1.54) is 10.4 Å². The molecule has 0 aromatic heterocycles. The predicted molar refractivity (Wildman–Crippen MR) is 114 cm³/mol. The van der Waals surface area contributed by atoms with E-state index in [1.54, 1.807) is 12.1 Å². The Morgan fingerprint density at radius 3 is 2.63 bits per heavy atom. The highest BCUT2D eigenvalue weighted by Gasteiger charge is 2.29. The molecule has 0 bridgehead atoms. The number of amides is 1. The van der Waals surface area contributed by atoms with Gasteiger partial charge in [0, 0.05) is 18.7 Å². The largest absolute Gasteiger partial charge is 0.492 e. The van der Waals surface area contributed by atoms with E-state index >= 15 is 0 Å². The summed E-state index contributed by atoms with van der Waals surface area (Å²) in [5, 5.41) is 2.79. The second-order valence-corrected chi connectivity index (χ2v) is 9.02. The van der Waals surface area contributed by atoms with Crippen molar-refractivity contribution in [1.29, 1.82) is 0 Å². The van der Waals surface area contributed by atoms with Crippen LogP contribution in [0.5, 0.6) is 5.75 Å². The Morgan fingerprint density at radius 1 is 1.17 bits per heavy atom. The number of hydrogen-bond donors (Lipinski definition) is 1. The molecule has 1 aliphatic rings. The number of nitrogens with one attached hydrogen (secondary N) is 1. The van der Waals surface area contributed by atoms with E-state index in [0.717, 1.165) is 11.3 Å². The van der Waals surface area contributed by atoms with Gasteiger partial charge in [-0.15, -0.1) is 0 Å². The molecule has 0 spiro atoms. The summed E-state index contributed by atoms with van der Waals surface area (Å²) in [5.41, 5.74) is 2.11. The molecule has 7 nitrogen and oxygen atoms in total. The maximum atomic E-state index is 13.1. The molecule has 1 saturated heterocycles. The Labute approximate surface area is 178 Å². The number of ether oxygens (including phenoxy) is 2. The smallest absolute Gasteiger partial charge is 0.251 e. The quantitative estimate of drug-likeness (QED) is 0.648. The second-order valence-electron chi connectivity index (χ2n) is 7.11. The molecule has 1 fully saturated rings. The Hall–Kier alpha value is -2.42. The van der Waals surface area contributed by atoms with Crippen LogP contribution in [0.3, 0.4) is 0 Å². The summed E-state index contributed by atoms with van der Waals surface area (Å²) in [5.74, 6) is 0.416. The van der Waals surface area contributed by atoms with Crippen LogP contribution in [0.25, 0.3) is 0 Å². The van der Waals surface area contributed by atoms with Crippen LogP contribution < -0.4 is 10.1 Å². The molecule has 1 amide bonds. The Kier molecular flexibility index (Phi) is 7.47. The van der Waals surface area contributed by atoms with Gasteiger partial charge in [-0.2, -0.15) is 4.31 Å². The zero-order chi connectivity index (χ0) is 21.6. The highest BCUT2D eigenvalue weighted by atomic mass is 32.2. The van der Waals surface area contributed by atoms with Gasteiger partial charge >= 0.3 is 0 Å². The molecule has 30 heavy (non-hydrogen) atoms. The minimum Gasteiger partial charge on any atom is -0.492 e. The number of aryl methyl sites for hydroxylation is 2. The molecule has 0 saturated carbocycles. The van der Waals surface area contributed by atoms with E-state index < -0.39 is 10.0 Å². The van der Waals surface area contributed by atoms with Crippen LogP contribution in [-0.2, 0) is 21.2 Å². The van der Waals surface area contributed by atoms with Gasteiger partial charge in [0.05, 0.1) is 24.7 Å². The van der Waals surface area contributed by atoms with Gasteiger partial charge in [0.2, 0.25) is 10.0 Å². The number of carbonyl (C=O) groups is 1. The number of rotatable bonds is 8. The van der Waals surface area contributed by atoms with Crippen molar-refractivity contribution in [2.24, 2.45) is 0 Å². The molecule has 1 aliphatic heterocycles. The summed E-state index contributed by atoms with van der Waals surface area (Å²) in [7, 11) is -3.68. The molecule has 162 valence electrons. The van der Waals surface area contributed by atoms with Crippen molar-refractivity contribution >= 4 is 15.9 Å². The number of hydrogen-bond acceptors (Lipinski definition) is 5. The van der Waals surface area contributed by atoms with Crippen LogP contribution in [0.15, 0.2) is 47.4 Å². The molecular weight excluding hydrogens is 404 g/mol. The number of carbonyl (C=O) groups excluding carboxylic acids is 1. The Morgan fingerprint density at radius 2 is 1.93 bits per heavy atom. The normalized spacial score (nSPS) is 15.0. The summed E-state index contributed by atoms with van der Waals surface area (Å²) in [4.78, 5) is 12.8. The Bertz CT molecular complexity index is 985. The molecule has 0 atom stereocenters. The van der Waals surface area contributed by atoms with E-state index in [-0.39, 0.29) is 10.8 Å². The maximum Gasteiger partial charge on any atom is 0.251 e. The van der Waals surface area contributed by atoms with Crippen molar-refractivity contribution in [3.05, 3.63) is 59.2 Å². The molecule has 0 aliphatic carbocycles. The summed E-state index contributed by atoms with van der Waals surface area (Å²) in [6, 6.07) is 12.5. The summed E-state index contributed by atoms with van der Waals surface area (Å²) < 4.78 is 38.5. The van der Waals surface area contributed by atoms with Gasteiger partial charge in [-0.05, 0) is 48.7 Å². The van der Waals surface area contributed by atoms with Gasteiger partial charge in [0.15, 0.2) is 0 Å². The summed E-state index contributed by atoms with van der Waals surface area (Å²) in [6.45, 7) is 5.91. The van der Waals surface area contributed by atoms with E-state index in [9.17, 15) is 13.2 Å². The first-order valence-electron chi connectivity index (χ1n) is 10.1. The van der Waals surface area contributed by atoms with E-state index in [4.69, 9.17) is 9.47 Å². The average Bonchev–Trinajstić information content (AvgIpc) is 2.76. The van der Waals surface area contributed by atoms with Gasteiger partial charge in [0.1, 0.15) is 12.4 Å². The molecule has 2 aromatic carbocycles. The number of morpholine rings is 1. The van der Waals surface area contributed by atoms with E-state index in [2.05, 4.69) is 5.32 Å². The van der Waals surface area contributed by atoms with Crippen molar-refractivity contribution in [2.75, 3.05) is 39.5 Å². The predicted octanol–water partition coefficient (Wildman–Crippen LogP) is 2.39. The van der Waals surface area contributed by atoms with E-state index in [0.29, 0.717) is 57.0 Å². The van der Waals surface area contributed by atoms with Gasteiger partial charge in [-0.1, -0.05) is 25.1 Å². The van der Waals surface area contributed by atoms with Gasteiger partial charge in [-0.3, -0.25) is 4.79 Å². The van der Waals surface area contributed by atoms with Crippen molar-refractivity contribution < 1.29 is 22.7 Å². The molecule has 2 aromatic rings. The summed E-state index contributed by atoms with van der Waals surface area (Å²) in [6.07, 6.45) is 0.561. The molecule has 0 unspecified atom stereocenters. The topological polar surface area (TPSA) is 84.9 Å². The lowest BCUT2D eigenvalue weighted by Crippen LogP contribution is -2.41. The van der Waals surface area contributed by atoms with Crippen molar-refractivity contribution in [1.82, 2.24) is 9.62 Å². The molecule has 1 N–H and O–H groups in total. The number of sulfonamides is 1. The van der Waals surface area contributed by atoms with Crippen LogP contribution >= 0.6 is 0 Å². The van der Waals surface area contributed by atoms with Crippen molar-refractivity contribution in [2.45, 2.75) is 25.2 Å². The van der Waals surface area contributed by atoms with Crippen LogP contribution in [0, 0.1) is 6.92 Å². The minimum absolute atomic E-state index is 0.190.